The Bertz CT molecular complexity index is 623. The highest BCUT2D eigenvalue weighted by atomic mass is 16.2. The molecule has 0 fully saturated rings. The van der Waals surface area contributed by atoms with E-state index in [0.29, 0.717) is 0 Å². The van der Waals surface area contributed by atoms with Gasteiger partial charge >= 0.3 is 0 Å². The van der Waals surface area contributed by atoms with Crippen molar-refractivity contribution >= 4 is 23.4 Å². The number of carbonyl (C=O) groups is 3. The lowest BCUT2D eigenvalue weighted by Gasteiger charge is -2.22. The number of para-hydroxylation sites is 1. The lowest BCUT2D eigenvalue weighted by Crippen LogP contribution is -2.43. The van der Waals surface area contributed by atoms with Gasteiger partial charge < -0.3 is 15.1 Å². The molecule has 0 heterocycles. The monoisotopic (exact) mass is 348 g/mol. The Labute approximate surface area is 149 Å². The average molecular weight is 348 g/mol. The van der Waals surface area contributed by atoms with E-state index in [1.54, 1.807) is 33.1 Å². The number of hydrogen-bond donors (Lipinski definition) is 1. The largest absolute Gasteiger partial charge is 0.348 e. The molecule has 0 radical (unpaired) electrons. The number of amides is 3. The number of nitrogens with one attached hydrogen (secondary N) is 1. The Balaban J connectivity index is 2.54. The number of nitrogens with zero attached hydrogens (tertiary/aromatic N) is 3. The number of hydrogen-bond acceptors (Lipinski definition) is 4. The van der Waals surface area contributed by atoms with E-state index in [9.17, 15) is 14.4 Å². The lowest BCUT2D eigenvalue weighted by atomic mass is 10.1. The summed E-state index contributed by atoms with van der Waals surface area (Å²) in [7, 11) is 6.61. The molecule has 0 saturated carbocycles. The minimum atomic E-state index is -0.250. The first-order valence-electron chi connectivity index (χ1n) is 8.10. The van der Waals surface area contributed by atoms with Crippen molar-refractivity contribution in [2.24, 2.45) is 0 Å². The van der Waals surface area contributed by atoms with Gasteiger partial charge in [-0.25, -0.2) is 0 Å². The zero-order chi connectivity index (χ0) is 19.1. The number of carbonyl (C=O) groups excluding carboxylic acids is 3. The summed E-state index contributed by atoms with van der Waals surface area (Å²) in [5.74, 6) is -0.545. The molecule has 0 unspecified atom stereocenters. The van der Waals surface area contributed by atoms with Gasteiger partial charge in [0.2, 0.25) is 17.7 Å². The molecule has 7 heteroatoms. The van der Waals surface area contributed by atoms with Crippen LogP contribution in [0.4, 0.5) is 5.69 Å². The molecule has 0 atom stereocenters. The van der Waals surface area contributed by atoms with E-state index in [1.807, 2.05) is 32.0 Å². The average Bonchev–Trinajstić information content (AvgIpc) is 2.50. The molecule has 0 aliphatic carbocycles. The minimum Gasteiger partial charge on any atom is -0.348 e. The van der Waals surface area contributed by atoms with Crippen LogP contribution in [0.5, 0.6) is 0 Å². The molecule has 25 heavy (non-hydrogen) atoms. The van der Waals surface area contributed by atoms with Gasteiger partial charge in [-0.05, 0) is 32.0 Å². The number of benzene rings is 1. The van der Waals surface area contributed by atoms with Gasteiger partial charge in [0, 0.05) is 26.8 Å². The van der Waals surface area contributed by atoms with Crippen LogP contribution in [0, 0.1) is 13.8 Å². The molecule has 0 aliphatic rings. The summed E-state index contributed by atoms with van der Waals surface area (Å²) in [6, 6.07) is 5.78. The molecule has 1 aromatic rings. The third kappa shape index (κ3) is 6.54. The molecule has 0 aliphatic heterocycles. The summed E-state index contributed by atoms with van der Waals surface area (Å²) in [6.45, 7) is 4.04. The van der Waals surface area contributed by atoms with Crippen LogP contribution in [-0.2, 0) is 14.4 Å². The third-order valence-corrected chi connectivity index (χ3v) is 3.86. The molecule has 1 rings (SSSR count). The second-order valence-electron chi connectivity index (χ2n) is 6.53. The molecule has 7 nitrogen and oxygen atoms in total. The van der Waals surface area contributed by atoms with E-state index < -0.39 is 0 Å². The molecular formula is C18H28N4O3. The standard InChI is InChI=1S/C18H28N4O3/c1-13-8-7-9-14(2)18(13)19-15(23)10-22(6)17(25)12-21(5)11-16(24)20(3)4/h7-9H,10-12H2,1-6H3,(H,19,23). The van der Waals surface area contributed by atoms with Crippen molar-refractivity contribution < 1.29 is 14.4 Å². The van der Waals surface area contributed by atoms with Crippen molar-refractivity contribution in [1.29, 1.82) is 0 Å². The van der Waals surface area contributed by atoms with Gasteiger partial charge in [0.15, 0.2) is 0 Å². The van der Waals surface area contributed by atoms with Gasteiger partial charge in [0.1, 0.15) is 0 Å². The quantitative estimate of drug-likeness (QED) is 0.788. The van der Waals surface area contributed by atoms with Gasteiger partial charge in [0.05, 0.1) is 19.6 Å². The third-order valence-electron chi connectivity index (χ3n) is 3.86. The van der Waals surface area contributed by atoms with Crippen LogP contribution in [0.15, 0.2) is 18.2 Å². The first-order chi connectivity index (χ1) is 11.6. The highest BCUT2D eigenvalue weighted by Gasteiger charge is 2.17. The summed E-state index contributed by atoms with van der Waals surface area (Å²) in [5.41, 5.74) is 2.73. The maximum absolute atomic E-state index is 12.2. The second-order valence-corrected chi connectivity index (χ2v) is 6.53. The van der Waals surface area contributed by atoms with E-state index >= 15 is 0 Å². The fraction of sp³-hybridized carbons (Fsp3) is 0.500. The predicted molar refractivity (Wildman–Crippen MR) is 98.4 cm³/mol. The first-order valence-corrected chi connectivity index (χ1v) is 8.10. The van der Waals surface area contributed by atoms with Gasteiger partial charge in [-0.1, -0.05) is 18.2 Å². The van der Waals surface area contributed by atoms with Crippen LogP contribution >= 0.6 is 0 Å². The van der Waals surface area contributed by atoms with E-state index in [2.05, 4.69) is 5.32 Å². The zero-order valence-electron chi connectivity index (χ0n) is 15.9. The van der Waals surface area contributed by atoms with Crippen LogP contribution in [0.2, 0.25) is 0 Å². The van der Waals surface area contributed by atoms with E-state index in [1.165, 1.54) is 9.80 Å². The van der Waals surface area contributed by atoms with Crippen molar-refractivity contribution in [2.75, 3.05) is 53.1 Å². The van der Waals surface area contributed by atoms with Gasteiger partial charge in [-0.2, -0.15) is 0 Å². The first kappa shape index (κ1) is 20.6. The van der Waals surface area contributed by atoms with Crippen LogP contribution in [-0.4, -0.2) is 80.2 Å². The van der Waals surface area contributed by atoms with Gasteiger partial charge in [-0.3, -0.25) is 19.3 Å². The molecule has 0 saturated heterocycles. The Hall–Kier alpha value is -2.41. The SMILES string of the molecule is Cc1cccc(C)c1NC(=O)CN(C)C(=O)CN(C)CC(=O)N(C)C. The maximum atomic E-state index is 12.2. The normalized spacial score (nSPS) is 10.5. The molecule has 138 valence electrons. The van der Waals surface area contributed by atoms with Crippen LogP contribution in [0.25, 0.3) is 0 Å². The lowest BCUT2D eigenvalue weighted by molar-refractivity contribution is -0.135. The van der Waals surface area contributed by atoms with E-state index in [0.717, 1.165) is 16.8 Å². The van der Waals surface area contributed by atoms with E-state index in [-0.39, 0.29) is 37.4 Å². The van der Waals surface area contributed by atoms with Gasteiger partial charge in [-0.15, -0.1) is 0 Å². The van der Waals surface area contributed by atoms with Crippen LogP contribution in [0.3, 0.4) is 0 Å². The molecule has 1 N–H and O–H groups in total. The summed E-state index contributed by atoms with van der Waals surface area (Å²) in [6.07, 6.45) is 0. The number of rotatable bonds is 7. The van der Waals surface area contributed by atoms with Crippen molar-refractivity contribution in [2.45, 2.75) is 13.8 Å². The second kappa shape index (κ2) is 9.17. The van der Waals surface area contributed by atoms with Crippen molar-refractivity contribution in [1.82, 2.24) is 14.7 Å². The zero-order valence-corrected chi connectivity index (χ0v) is 15.9. The summed E-state index contributed by atoms with van der Waals surface area (Å²) in [4.78, 5) is 40.5. The summed E-state index contributed by atoms with van der Waals surface area (Å²) in [5, 5.41) is 2.86. The van der Waals surface area contributed by atoms with Crippen molar-refractivity contribution in [3.8, 4) is 0 Å². The highest BCUT2D eigenvalue weighted by molar-refractivity contribution is 5.96. The molecule has 0 aromatic heterocycles. The molecule has 1 aromatic carbocycles. The van der Waals surface area contributed by atoms with E-state index in [4.69, 9.17) is 0 Å². The maximum Gasteiger partial charge on any atom is 0.243 e. The Morgan fingerprint density at radius 1 is 0.880 bits per heavy atom. The number of anilines is 1. The number of likely N-dealkylation sites (N-methyl/N-ethyl adjacent to an activating group) is 3. The predicted octanol–water partition coefficient (Wildman–Crippen LogP) is 0.720. The summed E-state index contributed by atoms with van der Waals surface area (Å²) < 4.78 is 0. The van der Waals surface area contributed by atoms with Crippen LogP contribution in [0.1, 0.15) is 11.1 Å². The molecule has 0 bridgehead atoms. The Morgan fingerprint density at radius 2 is 1.40 bits per heavy atom. The van der Waals surface area contributed by atoms with Crippen LogP contribution < -0.4 is 5.32 Å². The van der Waals surface area contributed by atoms with Gasteiger partial charge in [0.25, 0.3) is 0 Å². The Morgan fingerprint density at radius 3 is 1.92 bits per heavy atom. The fourth-order valence-electron chi connectivity index (χ4n) is 2.27. The smallest absolute Gasteiger partial charge is 0.243 e. The minimum absolute atomic E-state index is 0.0396. The number of aryl methyl sites for hydroxylation is 2. The topological polar surface area (TPSA) is 73.0 Å². The Kier molecular flexibility index (Phi) is 7.57. The molecule has 3 amide bonds. The van der Waals surface area contributed by atoms with Crippen molar-refractivity contribution in [3.63, 3.8) is 0 Å². The molecule has 0 spiro atoms. The van der Waals surface area contributed by atoms with Crippen molar-refractivity contribution in [3.05, 3.63) is 29.3 Å². The summed E-state index contributed by atoms with van der Waals surface area (Å²) >= 11 is 0. The highest BCUT2D eigenvalue weighted by Crippen LogP contribution is 2.19. The fourth-order valence-corrected chi connectivity index (χ4v) is 2.27. The molecular weight excluding hydrogens is 320 g/mol.